The van der Waals surface area contributed by atoms with Gasteiger partial charge in [0.15, 0.2) is 0 Å². The third-order valence-corrected chi connectivity index (χ3v) is 11.8. The number of rotatable bonds is 2. The van der Waals surface area contributed by atoms with Crippen molar-refractivity contribution in [2.75, 3.05) is 0 Å². The Morgan fingerprint density at radius 2 is 0.863 bits per heavy atom. The van der Waals surface area contributed by atoms with Crippen LogP contribution in [0.4, 0.5) is 0 Å². The Bertz CT molecular complexity index is 2920. The van der Waals surface area contributed by atoms with E-state index in [0.29, 0.717) is 0 Å². The van der Waals surface area contributed by atoms with E-state index >= 15 is 0 Å². The van der Waals surface area contributed by atoms with Gasteiger partial charge in [-0.25, -0.2) is 9.97 Å². The second kappa shape index (κ2) is 9.74. The number of aromatic nitrogens is 2. The summed E-state index contributed by atoms with van der Waals surface area (Å²) in [7, 11) is 0. The van der Waals surface area contributed by atoms with Crippen molar-refractivity contribution in [2.45, 2.75) is 5.41 Å². The van der Waals surface area contributed by atoms with E-state index in [1.807, 2.05) is 12.4 Å². The molecule has 1 heterocycles. The average molecular weight is 645 g/mol. The van der Waals surface area contributed by atoms with Crippen LogP contribution in [0.2, 0.25) is 0 Å². The van der Waals surface area contributed by atoms with Crippen molar-refractivity contribution in [1.82, 2.24) is 9.97 Å². The van der Waals surface area contributed by atoms with E-state index in [2.05, 4.69) is 162 Å². The molecular formula is C49H28N2. The molecule has 0 saturated carbocycles. The van der Waals surface area contributed by atoms with Gasteiger partial charge in [0.25, 0.3) is 0 Å². The third-order valence-electron chi connectivity index (χ3n) is 11.8. The van der Waals surface area contributed by atoms with E-state index in [1.165, 1.54) is 99.4 Å². The van der Waals surface area contributed by atoms with Gasteiger partial charge in [-0.2, -0.15) is 0 Å². The van der Waals surface area contributed by atoms with Crippen LogP contribution in [0, 0.1) is 0 Å². The molecule has 3 aliphatic carbocycles. The van der Waals surface area contributed by atoms with Gasteiger partial charge in [0.2, 0.25) is 0 Å². The van der Waals surface area contributed by atoms with E-state index < -0.39 is 5.41 Å². The zero-order valence-electron chi connectivity index (χ0n) is 27.6. The summed E-state index contributed by atoms with van der Waals surface area (Å²) < 4.78 is 0. The summed E-state index contributed by atoms with van der Waals surface area (Å²) in [5.41, 5.74) is 20.0. The molecule has 0 bridgehead atoms. The van der Waals surface area contributed by atoms with E-state index in [1.54, 1.807) is 6.33 Å². The molecule has 2 nitrogen and oxygen atoms in total. The molecule has 0 aliphatic heterocycles. The quantitative estimate of drug-likeness (QED) is 0.187. The fourth-order valence-electron chi connectivity index (χ4n) is 9.91. The number of fused-ring (bicyclic) bond motifs is 14. The third kappa shape index (κ3) is 3.32. The van der Waals surface area contributed by atoms with Gasteiger partial charge in [-0.05, 0) is 123 Å². The number of nitrogens with zero attached hydrogens (tertiary/aromatic N) is 2. The summed E-state index contributed by atoms with van der Waals surface area (Å²) in [6.45, 7) is 0. The van der Waals surface area contributed by atoms with Gasteiger partial charge in [-0.3, -0.25) is 0 Å². The van der Waals surface area contributed by atoms with Crippen molar-refractivity contribution >= 4 is 21.5 Å². The molecule has 9 aromatic rings. The Morgan fingerprint density at radius 1 is 0.333 bits per heavy atom. The van der Waals surface area contributed by atoms with Gasteiger partial charge in [0.1, 0.15) is 6.33 Å². The second-order valence-corrected chi connectivity index (χ2v) is 14.1. The minimum absolute atomic E-state index is 0.460. The van der Waals surface area contributed by atoms with E-state index in [-0.39, 0.29) is 0 Å². The van der Waals surface area contributed by atoms with Gasteiger partial charge in [-0.15, -0.1) is 0 Å². The summed E-state index contributed by atoms with van der Waals surface area (Å²) in [4.78, 5) is 9.03. The van der Waals surface area contributed by atoms with Gasteiger partial charge < -0.3 is 0 Å². The first kappa shape index (κ1) is 27.2. The molecule has 8 aromatic carbocycles. The van der Waals surface area contributed by atoms with Gasteiger partial charge in [0.05, 0.1) is 5.41 Å². The topological polar surface area (TPSA) is 25.8 Å². The largest absolute Gasteiger partial charge is 0.244 e. The minimum atomic E-state index is -0.460. The first-order valence-corrected chi connectivity index (χ1v) is 17.6. The van der Waals surface area contributed by atoms with Crippen molar-refractivity contribution in [3.63, 3.8) is 0 Å². The van der Waals surface area contributed by atoms with Crippen LogP contribution in [0.1, 0.15) is 22.3 Å². The van der Waals surface area contributed by atoms with Gasteiger partial charge in [-0.1, -0.05) is 133 Å². The van der Waals surface area contributed by atoms with Crippen molar-refractivity contribution < 1.29 is 0 Å². The van der Waals surface area contributed by atoms with Crippen LogP contribution in [0.5, 0.6) is 0 Å². The smallest absolute Gasteiger partial charge is 0.115 e. The lowest BCUT2D eigenvalue weighted by Crippen LogP contribution is -2.26. The summed E-state index contributed by atoms with van der Waals surface area (Å²) in [5, 5.41) is 5.02. The zero-order chi connectivity index (χ0) is 33.3. The molecule has 0 unspecified atom stereocenters. The Balaban J connectivity index is 1.33. The number of benzene rings is 8. The zero-order valence-corrected chi connectivity index (χ0v) is 27.6. The van der Waals surface area contributed by atoms with Crippen LogP contribution in [0.3, 0.4) is 0 Å². The Kier molecular flexibility index (Phi) is 5.20. The molecule has 1 aromatic heterocycles. The fourth-order valence-corrected chi connectivity index (χ4v) is 9.91. The lowest BCUT2D eigenvalue weighted by molar-refractivity contribution is 0.794. The van der Waals surface area contributed by atoms with Crippen LogP contribution < -0.4 is 0 Å². The molecule has 51 heavy (non-hydrogen) atoms. The first-order valence-electron chi connectivity index (χ1n) is 17.6. The van der Waals surface area contributed by atoms with Crippen LogP contribution in [-0.4, -0.2) is 9.97 Å². The molecule has 0 radical (unpaired) electrons. The monoisotopic (exact) mass is 644 g/mol. The molecule has 0 atom stereocenters. The summed E-state index contributed by atoms with van der Waals surface area (Å²) >= 11 is 0. The van der Waals surface area contributed by atoms with Crippen molar-refractivity contribution in [2.24, 2.45) is 0 Å². The van der Waals surface area contributed by atoms with Crippen molar-refractivity contribution in [3.05, 3.63) is 193 Å². The fraction of sp³-hybridized carbons (Fsp3) is 0.0204. The Hall–Kier alpha value is -6.64. The average Bonchev–Trinajstić information content (AvgIpc) is 3.80. The highest BCUT2D eigenvalue weighted by atomic mass is 14.8. The standard InChI is InChI=1S/C49H28N2/c1-2-12-31-24-39(38(23-30(31)11-1)32-26-50-28-51-27-32)48-46-37-19-10-14-29-13-9-18-35(45(29)37)40(46)25-44-47(48)36-17-5-8-22-43(36)49(44)41-20-6-3-15-33(41)34-16-4-7-21-42(34)49/h1-28H. The number of hydrogen-bond acceptors (Lipinski definition) is 2. The maximum atomic E-state index is 4.52. The van der Waals surface area contributed by atoms with Crippen LogP contribution in [0.25, 0.3) is 88.3 Å². The second-order valence-electron chi connectivity index (χ2n) is 14.1. The molecule has 12 rings (SSSR count). The maximum Gasteiger partial charge on any atom is 0.115 e. The van der Waals surface area contributed by atoms with E-state index in [0.717, 1.165) is 11.1 Å². The van der Waals surface area contributed by atoms with Crippen LogP contribution in [-0.2, 0) is 5.41 Å². The predicted octanol–water partition coefficient (Wildman–Crippen LogP) is 12.1. The SMILES string of the molecule is c1ccc2c(c1)-c1ccccc1C21c2ccccc2-c2c1cc1c(c2-c2cc3ccccc3cc2-c2cncnc2)-c2cccc3cccc-1c23. The number of hydrogen-bond donors (Lipinski definition) is 0. The highest BCUT2D eigenvalue weighted by molar-refractivity contribution is 6.22. The summed E-state index contributed by atoms with van der Waals surface area (Å²) in [6.07, 6.45) is 5.53. The molecule has 1 spiro atoms. The highest BCUT2D eigenvalue weighted by Crippen LogP contribution is 2.67. The lowest BCUT2D eigenvalue weighted by atomic mass is 9.69. The molecular weight excluding hydrogens is 617 g/mol. The lowest BCUT2D eigenvalue weighted by Gasteiger charge is -2.31. The van der Waals surface area contributed by atoms with Gasteiger partial charge in [0, 0.05) is 18.0 Å². The maximum absolute atomic E-state index is 4.52. The molecule has 0 N–H and O–H groups in total. The normalized spacial score (nSPS) is 13.6. The predicted molar refractivity (Wildman–Crippen MR) is 209 cm³/mol. The molecule has 0 fully saturated rings. The summed E-state index contributed by atoms with van der Waals surface area (Å²) in [6, 6.07) is 57.0. The van der Waals surface area contributed by atoms with Crippen LogP contribution >= 0.6 is 0 Å². The van der Waals surface area contributed by atoms with Crippen LogP contribution in [0.15, 0.2) is 170 Å². The molecule has 234 valence electrons. The van der Waals surface area contributed by atoms with E-state index in [9.17, 15) is 0 Å². The molecule has 2 heteroatoms. The molecule has 0 saturated heterocycles. The minimum Gasteiger partial charge on any atom is -0.244 e. The van der Waals surface area contributed by atoms with Crippen molar-refractivity contribution in [1.29, 1.82) is 0 Å². The Morgan fingerprint density at radius 3 is 1.55 bits per heavy atom. The summed E-state index contributed by atoms with van der Waals surface area (Å²) in [5.74, 6) is 0. The first-order chi connectivity index (χ1) is 25.3. The highest BCUT2D eigenvalue weighted by Gasteiger charge is 2.53. The molecule has 3 aliphatic rings. The van der Waals surface area contributed by atoms with E-state index in [4.69, 9.17) is 0 Å². The van der Waals surface area contributed by atoms with Gasteiger partial charge >= 0.3 is 0 Å². The van der Waals surface area contributed by atoms with Crippen molar-refractivity contribution in [3.8, 4) is 66.8 Å². The molecule has 0 amide bonds. The Labute approximate surface area is 295 Å².